The molecule has 0 spiro atoms. The predicted octanol–water partition coefficient (Wildman–Crippen LogP) is 5.10. The molecular weight excluding hydrogens is 514 g/mol. The van der Waals surface area contributed by atoms with Crippen LogP contribution in [-0.2, 0) is 4.79 Å². The summed E-state index contributed by atoms with van der Waals surface area (Å²) in [6.45, 7) is 2.95. The molecule has 0 bridgehead atoms. The van der Waals surface area contributed by atoms with Crippen LogP contribution >= 0.6 is 11.3 Å². The lowest BCUT2D eigenvalue weighted by atomic mass is 9.95. The summed E-state index contributed by atoms with van der Waals surface area (Å²) < 4.78 is 11.1. The largest absolute Gasteiger partial charge is 0.503 e. The van der Waals surface area contributed by atoms with E-state index in [1.807, 2.05) is 0 Å². The van der Waals surface area contributed by atoms with Crippen LogP contribution in [0.3, 0.4) is 0 Å². The Hall–Kier alpha value is -4.84. The standard InChI is InChI=1S/C26H19N3O8S/c1-12-24(13(2)30)38-26(27-12)28-20(14-6-4-8-16(10-14)29(34)35)19(22(32)25(28)33)21(31)18-11-15-7-5-9-17(36-3)23(15)37-18/h4-11,20,32H,1-3H3. The number of fused-ring (bicyclic) bond motifs is 1. The number of methoxy groups -OCH3 is 1. The van der Waals surface area contributed by atoms with Crippen molar-refractivity contribution in [2.75, 3.05) is 12.0 Å². The van der Waals surface area contributed by atoms with Crippen molar-refractivity contribution in [3.8, 4) is 5.75 Å². The number of hydrogen-bond acceptors (Lipinski definition) is 10. The van der Waals surface area contributed by atoms with Gasteiger partial charge in [-0.3, -0.25) is 29.4 Å². The highest BCUT2D eigenvalue weighted by Gasteiger charge is 2.47. The van der Waals surface area contributed by atoms with E-state index in [2.05, 4.69) is 4.98 Å². The lowest BCUT2D eigenvalue weighted by Crippen LogP contribution is -2.31. The fraction of sp³-hybridized carbons (Fsp3) is 0.154. The van der Waals surface area contributed by atoms with Crippen molar-refractivity contribution < 1.29 is 33.6 Å². The second-order valence-corrected chi connectivity index (χ2v) is 9.46. The molecule has 1 aliphatic heterocycles. The fourth-order valence-electron chi connectivity index (χ4n) is 4.41. The molecule has 4 aromatic rings. The first kappa shape index (κ1) is 24.8. The number of nitro groups is 1. The Morgan fingerprint density at radius 2 is 1.95 bits per heavy atom. The van der Waals surface area contributed by atoms with Gasteiger partial charge >= 0.3 is 0 Å². The van der Waals surface area contributed by atoms with Gasteiger partial charge in [0.05, 0.1) is 34.2 Å². The summed E-state index contributed by atoms with van der Waals surface area (Å²) >= 11 is 0.919. The number of rotatable bonds is 7. The first-order chi connectivity index (χ1) is 18.1. The van der Waals surface area contributed by atoms with Crippen molar-refractivity contribution in [1.82, 2.24) is 4.98 Å². The van der Waals surface area contributed by atoms with E-state index in [1.54, 1.807) is 25.1 Å². The number of Topliss-reactive ketones (excluding diaryl/α,β-unsaturated/α-hetero) is 2. The first-order valence-corrected chi connectivity index (χ1v) is 12.0. The van der Waals surface area contributed by atoms with E-state index >= 15 is 0 Å². The molecule has 1 atom stereocenters. The average Bonchev–Trinajstić information content (AvgIpc) is 3.57. The highest BCUT2D eigenvalue weighted by Crippen LogP contribution is 2.45. The Morgan fingerprint density at radius 3 is 2.61 bits per heavy atom. The highest BCUT2D eigenvalue weighted by molar-refractivity contribution is 7.17. The topological polar surface area (TPSA) is 153 Å². The minimum Gasteiger partial charge on any atom is -0.503 e. The number of aliphatic hydroxyl groups excluding tert-OH is 1. The second kappa shape index (κ2) is 9.23. The zero-order valence-corrected chi connectivity index (χ0v) is 21.1. The monoisotopic (exact) mass is 533 g/mol. The first-order valence-electron chi connectivity index (χ1n) is 11.2. The number of ether oxygens (including phenoxy) is 1. The summed E-state index contributed by atoms with van der Waals surface area (Å²) in [6.07, 6.45) is 0. The van der Waals surface area contributed by atoms with E-state index in [-0.39, 0.29) is 33.5 Å². The Labute approximate surface area is 218 Å². The zero-order valence-electron chi connectivity index (χ0n) is 20.3. The molecule has 0 fully saturated rings. The number of nitro benzene ring substituents is 1. The molecule has 12 heteroatoms. The molecule has 1 N–H and O–H groups in total. The van der Waals surface area contributed by atoms with Crippen LogP contribution in [0.1, 0.15) is 44.4 Å². The summed E-state index contributed by atoms with van der Waals surface area (Å²) in [7, 11) is 1.45. The van der Waals surface area contributed by atoms with Crippen molar-refractivity contribution >= 4 is 50.6 Å². The molecule has 3 heterocycles. The molecule has 1 unspecified atom stereocenters. The quantitative estimate of drug-likeness (QED) is 0.194. The maximum Gasteiger partial charge on any atom is 0.296 e. The molecule has 0 radical (unpaired) electrons. The van der Waals surface area contributed by atoms with E-state index in [0.29, 0.717) is 27.3 Å². The SMILES string of the molecule is COc1cccc2cc(C(=O)C3=C(O)C(=O)N(c4nc(C)c(C(C)=O)s4)C3c3cccc([N+](=O)[O-])c3)oc12. The number of non-ortho nitro benzene ring substituents is 1. The predicted molar refractivity (Wildman–Crippen MR) is 137 cm³/mol. The molecule has 0 saturated carbocycles. The van der Waals surface area contributed by atoms with Gasteiger partial charge in [-0.25, -0.2) is 4.98 Å². The van der Waals surface area contributed by atoms with Crippen LogP contribution in [0.5, 0.6) is 5.75 Å². The van der Waals surface area contributed by atoms with Crippen LogP contribution in [0, 0.1) is 17.0 Å². The number of furan rings is 1. The highest BCUT2D eigenvalue weighted by atomic mass is 32.1. The van der Waals surface area contributed by atoms with Gasteiger partial charge < -0.3 is 14.3 Å². The number of nitrogens with zero attached hydrogens (tertiary/aromatic N) is 3. The third-order valence-corrected chi connectivity index (χ3v) is 7.37. The number of hydrogen-bond donors (Lipinski definition) is 1. The smallest absolute Gasteiger partial charge is 0.296 e. The van der Waals surface area contributed by atoms with Gasteiger partial charge in [0.25, 0.3) is 11.6 Å². The molecule has 5 rings (SSSR count). The normalized spacial score (nSPS) is 15.4. The van der Waals surface area contributed by atoms with Crippen LogP contribution < -0.4 is 9.64 Å². The molecule has 2 aromatic carbocycles. The van der Waals surface area contributed by atoms with Gasteiger partial charge in [-0.2, -0.15) is 0 Å². The summed E-state index contributed by atoms with van der Waals surface area (Å²) in [6, 6.07) is 10.6. The third-order valence-electron chi connectivity index (χ3n) is 6.11. The molecule has 38 heavy (non-hydrogen) atoms. The molecule has 0 saturated heterocycles. The number of ketones is 2. The number of aryl methyl sites for hydroxylation is 1. The fourth-order valence-corrected chi connectivity index (χ4v) is 5.40. The Balaban J connectivity index is 1.69. The van der Waals surface area contributed by atoms with Crippen LogP contribution in [0.4, 0.5) is 10.8 Å². The summed E-state index contributed by atoms with van der Waals surface area (Å²) in [5.74, 6) is -2.65. The Kier molecular flexibility index (Phi) is 6.03. The van der Waals surface area contributed by atoms with E-state index < -0.39 is 28.4 Å². The summed E-state index contributed by atoms with van der Waals surface area (Å²) in [5.41, 5.74) is 0.234. The van der Waals surface area contributed by atoms with Crippen LogP contribution in [0.25, 0.3) is 11.0 Å². The number of anilines is 1. The number of thiazole rings is 1. The molecule has 1 aliphatic rings. The van der Waals surface area contributed by atoms with Gasteiger partial charge in [0.2, 0.25) is 5.78 Å². The maximum absolute atomic E-state index is 13.8. The number of para-hydroxylation sites is 1. The average molecular weight is 534 g/mol. The van der Waals surface area contributed by atoms with Crippen molar-refractivity contribution in [3.63, 3.8) is 0 Å². The summed E-state index contributed by atoms with van der Waals surface area (Å²) in [4.78, 5) is 55.8. The summed E-state index contributed by atoms with van der Waals surface area (Å²) in [5, 5.41) is 23.1. The molecule has 192 valence electrons. The number of benzene rings is 2. The number of aromatic nitrogens is 1. The number of amides is 1. The lowest BCUT2D eigenvalue weighted by Gasteiger charge is -2.24. The van der Waals surface area contributed by atoms with E-state index in [0.717, 1.165) is 16.2 Å². The van der Waals surface area contributed by atoms with Gasteiger partial charge in [0.15, 0.2) is 33.8 Å². The minimum absolute atomic E-state index is 0.0508. The van der Waals surface area contributed by atoms with Gasteiger partial charge in [-0.05, 0) is 24.6 Å². The second-order valence-electron chi connectivity index (χ2n) is 8.48. The van der Waals surface area contributed by atoms with Crippen molar-refractivity contribution in [2.45, 2.75) is 19.9 Å². The molecule has 2 aromatic heterocycles. The number of carbonyl (C=O) groups excluding carboxylic acids is 3. The number of carbonyl (C=O) groups is 3. The van der Waals surface area contributed by atoms with Gasteiger partial charge in [0.1, 0.15) is 0 Å². The van der Waals surface area contributed by atoms with Gasteiger partial charge in [-0.15, -0.1) is 0 Å². The van der Waals surface area contributed by atoms with E-state index in [4.69, 9.17) is 9.15 Å². The molecule has 11 nitrogen and oxygen atoms in total. The lowest BCUT2D eigenvalue weighted by molar-refractivity contribution is -0.384. The number of aliphatic hydroxyl groups is 1. The third kappa shape index (κ3) is 3.91. The molecule has 1 amide bonds. The Morgan fingerprint density at radius 1 is 1.21 bits per heavy atom. The van der Waals surface area contributed by atoms with Gasteiger partial charge in [-0.1, -0.05) is 35.6 Å². The zero-order chi connectivity index (χ0) is 27.3. The van der Waals surface area contributed by atoms with E-state index in [1.165, 1.54) is 44.4 Å². The van der Waals surface area contributed by atoms with Crippen LogP contribution in [0.2, 0.25) is 0 Å². The van der Waals surface area contributed by atoms with Crippen molar-refractivity contribution in [2.24, 2.45) is 0 Å². The van der Waals surface area contributed by atoms with Gasteiger partial charge in [0, 0.05) is 24.4 Å². The van der Waals surface area contributed by atoms with Crippen LogP contribution in [0.15, 0.2) is 64.3 Å². The van der Waals surface area contributed by atoms with Crippen molar-refractivity contribution in [3.05, 3.63) is 91.9 Å². The molecule has 0 aliphatic carbocycles. The Bertz CT molecular complexity index is 1700. The molecular formula is C26H19N3O8S. The maximum atomic E-state index is 13.8. The van der Waals surface area contributed by atoms with E-state index in [9.17, 15) is 29.6 Å². The van der Waals surface area contributed by atoms with Crippen molar-refractivity contribution in [1.29, 1.82) is 0 Å². The van der Waals surface area contributed by atoms with Crippen LogP contribution in [-0.4, -0.2) is 39.6 Å². The minimum atomic E-state index is -1.28.